The Morgan fingerprint density at radius 3 is 2.51 bits per heavy atom. The van der Waals surface area contributed by atoms with Crippen LogP contribution in [0.25, 0.3) is 10.8 Å². The average Bonchev–Trinajstić information content (AvgIpc) is 3.02. The molecule has 0 unspecified atom stereocenters. The van der Waals surface area contributed by atoms with E-state index < -0.39 is 28.1 Å². The molecule has 45 heavy (non-hydrogen) atoms. The Balaban J connectivity index is 1.40. The average molecular weight is 631 g/mol. The maximum Gasteiger partial charge on any atom is 0.321 e. The van der Waals surface area contributed by atoms with Gasteiger partial charge in [0.05, 0.1) is 35.3 Å². The lowest BCUT2D eigenvalue weighted by atomic mass is 9.99. The van der Waals surface area contributed by atoms with Crippen LogP contribution in [0, 0.1) is 12.8 Å². The summed E-state index contributed by atoms with van der Waals surface area (Å²) in [7, 11) is -2.24. The quantitative estimate of drug-likeness (QED) is 0.241. The van der Waals surface area contributed by atoms with Crippen LogP contribution in [-0.4, -0.2) is 74.2 Å². The summed E-state index contributed by atoms with van der Waals surface area (Å²) in [6.45, 7) is 5.74. The summed E-state index contributed by atoms with van der Waals surface area (Å²) in [5.41, 5.74) is 1.96. The van der Waals surface area contributed by atoms with Crippen LogP contribution in [-0.2, 0) is 10.0 Å². The minimum absolute atomic E-state index is 0.0941. The zero-order chi connectivity index (χ0) is 32.3. The van der Waals surface area contributed by atoms with E-state index in [4.69, 9.17) is 4.74 Å². The largest absolute Gasteiger partial charge is 0.487 e. The van der Waals surface area contributed by atoms with E-state index in [9.17, 15) is 23.1 Å². The first kappa shape index (κ1) is 31.8. The van der Waals surface area contributed by atoms with Gasteiger partial charge in [-0.25, -0.2) is 13.2 Å². The van der Waals surface area contributed by atoms with Crippen molar-refractivity contribution >= 4 is 44.1 Å². The zero-order valence-electron chi connectivity index (χ0n) is 25.7. The Bertz CT molecular complexity index is 1810. The van der Waals surface area contributed by atoms with Crippen molar-refractivity contribution in [1.29, 1.82) is 0 Å². The number of likely N-dealkylation sites (N-methyl/N-ethyl adjacent to an activating group) is 1. The number of aliphatic hydroxyl groups is 1. The molecule has 1 aliphatic rings. The number of hydrogen-bond acceptors (Lipinski definition) is 6. The van der Waals surface area contributed by atoms with Crippen LogP contribution in [0.5, 0.6) is 5.75 Å². The van der Waals surface area contributed by atoms with Crippen LogP contribution in [0.15, 0.2) is 89.8 Å². The molecule has 0 aliphatic carbocycles. The fourth-order valence-corrected chi connectivity index (χ4v) is 6.38. The van der Waals surface area contributed by atoms with Gasteiger partial charge in [0, 0.05) is 30.6 Å². The SMILES string of the molecule is Cc1ccc(S(=O)(=O)Nc2ccc3c(c2)C(=O)N([C@@H](C)CO)C[C@H](C)[C@@H](CN(C)C(=O)Nc2cccc4ccccc24)O3)cc1. The van der Waals surface area contributed by atoms with Gasteiger partial charge in [-0.1, -0.05) is 61.0 Å². The molecule has 0 fully saturated rings. The lowest BCUT2D eigenvalue weighted by molar-refractivity contribution is 0.0371. The normalized spacial score (nSPS) is 17.4. The minimum Gasteiger partial charge on any atom is -0.487 e. The third-order valence-corrected chi connectivity index (χ3v) is 9.48. The first-order chi connectivity index (χ1) is 21.5. The molecule has 0 spiro atoms. The monoisotopic (exact) mass is 630 g/mol. The van der Waals surface area contributed by atoms with E-state index in [0.717, 1.165) is 16.3 Å². The van der Waals surface area contributed by atoms with Crippen molar-refractivity contribution < 1.29 is 27.9 Å². The number of ether oxygens (including phenoxy) is 1. The summed E-state index contributed by atoms with van der Waals surface area (Å²) >= 11 is 0. The third kappa shape index (κ3) is 7.05. The van der Waals surface area contributed by atoms with Gasteiger partial charge in [0.25, 0.3) is 15.9 Å². The highest BCUT2D eigenvalue weighted by Crippen LogP contribution is 2.32. The summed E-state index contributed by atoms with van der Waals surface area (Å²) in [6, 6.07) is 23.7. The Morgan fingerprint density at radius 1 is 1.07 bits per heavy atom. The first-order valence-electron chi connectivity index (χ1n) is 14.8. The Labute approximate surface area is 263 Å². The number of hydrogen-bond donors (Lipinski definition) is 3. The molecule has 236 valence electrons. The molecule has 10 nitrogen and oxygen atoms in total. The number of anilines is 2. The van der Waals surface area contributed by atoms with Gasteiger partial charge in [-0.05, 0) is 55.6 Å². The van der Waals surface area contributed by atoms with Crippen LogP contribution in [0.2, 0.25) is 0 Å². The molecule has 0 saturated carbocycles. The molecule has 5 rings (SSSR count). The molecule has 11 heteroatoms. The minimum atomic E-state index is -3.92. The second kappa shape index (κ2) is 13.2. The summed E-state index contributed by atoms with van der Waals surface area (Å²) in [5, 5.41) is 14.9. The Hall–Kier alpha value is -4.61. The fourth-order valence-electron chi connectivity index (χ4n) is 5.33. The van der Waals surface area contributed by atoms with Crippen LogP contribution in [0.1, 0.15) is 29.8 Å². The number of sulfonamides is 1. The van der Waals surface area contributed by atoms with Gasteiger partial charge in [0.15, 0.2) is 0 Å². The predicted octanol–water partition coefficient (Wildman–Crippen LogP) is 5.33. The number of urea groups is 1. The highest BCUT2D eigenvalue weighted by atomic mass is 32.2. The topological polar surface area (TPSA) is 128 Å². The summed E-state index contributed by atoms with van der Waals surface area (Å²) in [6.07, 6.45) is -0.524. The number of nitrogens with one attached hydrogen (secondary N) is 2. The van der Waals surface area contributed by atoms with Gasteiger partial charge in [0.2, 0.25) is 0 Å². The van der Waals surface area contributed by atoms with Crippen molar-refractivity contribution in [3.05, 3.63) is 96.1 Å². The van der Waals surface area contributed by atoms with E-state index in [0.29, 0.717) is 5.69 Å². The van der Waals surface area contributed by atoms with E-state index in [-0.39, 0.29) is 53.5 Å². The van der Waals surface area contributed by atoms with Gasteiger partial charge in [-0.15, -0.1) is 0 Å². The van der Waals surface area contributed by atoms with Gasteiger partial charge in [0.1, 0.15) is 11.9 Å². The van der Waals surface area contributed by atoms with Crippen LogP contribution < -0.4 is 14.8 Å². The van der Waals surface area contributed by atoms with Crippen molar-refractivity contribution in [2.75, 3.05) is 36.8 Å². The molecule has 0 saturated heterocycles. The van der Waals surface area contributed by atoms with Gasteiger partial charge in [-0.3, -0.25) is 9.52 Å². The van der Waals surface area contributed by atoms with Crippen molar-refractivity contribution in [2.45, 2.75) is 37.8 Å². The number of amides is 3. The van der Waals surface area contributed by atoms with Gasteiger partial charge >= 0.3 is 6.03 Å². The number of carbonyl (C=O) groups excluding carboxylic acids is 2. The highest BCUT2D eigenvalue weighted by Gasteiger charge is 2.34. The molecule has 4 aromatic rings. The number of benzene rings is 4. The lowest BCUT2D eigenvalue weighted by Gasteiger charge is -2.38. The Kier molecular flexibility index (Phi) is 9.31. The first-order valence-corrected chi connectivity index (χ1v) is 16.3. The molecule has 3 atom stereocenters. The van der Waals surface area contributed by atoms with Gasteiger partial charge < -0.3 is 25.0 Å². The number of rotatable bonds is 8. The predicted molar refractivity (Wildman–Crippen MR) is 175 cm³/mol. The number of fused-ring (bicyclic) bond motifs is 2. The van der Waals surface area contributed by atoms with E-state index in [2.05, 4.69) is 10.0 Å². The molecule has 1 heterocycles. The van der Waals surface area contributed by atoms with E-state index >= 15 is 0 Å². The van der Waals surface area contributed by atoms with E-state index in [1.807, 2.05) is 56.3 Å². The number of nitrogens with zero attached hydrogens (tertiary/aromatic N) is 2. The van der Waals surface area contributed by atoms with Crippen LogP contribution in [0.3, 0.4) is 0 Å². The molecular weight excluding hydrogens is 592 g/mol. The molecule has 3 N–H and O–H groups in total. The Morgan fingerprint density at radius 2 is 1.78 bits per heavy atom. The summed E-state index contributed by atoms with van der Waals surface area (Å²) < 4.78 is 35.1. The van der Waals surface area contributed by atoms with Gasteiger partial charge in [-0.2, -0.15) is 0 Å². The highest BCUT2D eigenvalue weighted by molar-refractivity contribution is 7.92. The molecular formula is C34H38N4O6S. The second-order valence-corrected chi connectivity index (χ2v) is 13.3. The molecule has 0 bridgehead atoms. The van der Waals surface area contributed by atoms with Crippen molar-refractivity contribution in [3.63, 3.8) is 0 Å². The maximum atomic E-state index is 13.8. The van der Waals surface area contributed by atoms with Crippen LogP contribution >= 0.6 is 0 Å². The smallest absolute Gasteiger partial charge is 0.321 e. The molecule has 0 aromatic heterocycles. The number of aliphatic hydroxyl groups excluding tert-OH is 1. The van der Waals surface area contributed by atoms with Crippen molar-refractivity contribution in [1.82, 2.24) is 9.80 Å². The van der Waals surface area contributed by atoms with Crippen molar-refractivity contribution in [2.24, 2.45) is 5.92 Å². The summed E-state index contributed by atoms with van der Waals surface area (Å²) in [4.78, 5) is 30.3. The molecule has 0 radical (unpaired) electrons. The van der Waals surface area contributed by atoms with E-state index in [1.54, 1.807) is 37.1 Å². The number of carbonyl (C=O) groups is 2. The molecule has 1 aliphatic heterocycles. The number of aryl methyl sites for hydroxylation is 1. The molecule has 4 aromatic carbocycles. The zero-order valence-corrected chi connectivity index (χ0v) is 26.5. The van der Waals surface area contributed by atoms with E-state index in [1.165, 1.54) is 29.2 Å². The second-order valence-electron chi connectivity index (χ2n) is 11.6. The maximum absolute atomic E-state index is 13.8. The third-order valence-electron chi connectivity index (χ3n) is 8.08. The summed E-state index contributed by atoms with van der Waals surface area (Å²) in [5.74, 6) is -0.355. The van der Waals surface area contributed by atoms with Crippen molar-refractivity contribution in [3.8, 4) is 5.75 Å². The molecule has 3 amide bonds. The standard InChI is InChI=1S/C34H38N4O6S/c1-22-12-15-27(16-13-22)45(42,43)36-26-14-17-31-29(18-26)33(40)38(24(3)21-39)19-23(2)32(44-31)20-37(4)34(41)35-30-11-7-9-25-8-5-6-10-28(25)30/h5-18,23-24,32,36,39H,19-21H2,1-4H3,(H,35,41)/t23-,24-,32+/m0/s1. The lowest BCUT2D eigenvalue weighted by Crippen LogP contribution is -2.50. The fraction of sp³-hybridized carbons (Fsp3) is 0.294. The van der Waals surface area contributed by atoms with Crippen LogP contribution in [0.4, 0.5) is 16.2 Å².